The second-order valence-corrected chi connectivity index (χ2v) is 6.21. The number of aromatic amines is 1. The van der Waals surface area contributed by atoms with Crippen molar-refractivity contribution in [2.24, 2.45) is 5.92 Å². The van der Waals surface area contributed by atoms with E-state index in [1.807, 2.05) is 13.8 Å². The number of nitrogens with two attached hydrogens (primary N) is 1. The Bertz CT molecular complexity index is 460. The molecule has 0 spiro atoms. The van der Waals surface area contributed by atoms with Gasteiger partial charge in [-0.15, -0.1) is 0 Å². The third-order valence-corrected chi connectivity index (χ3v) is 4.34. The molecule has 0 bridgehead atoms. The van der Waals surface area contributed by atoms with E-state index in [0.29, 0.717) is 17.3 Å². The molecule has 1 saturated carbocycles. The van der Waals surface area contributed by atoms with Crippen LogP contribution in [0.5, 0.6) is 0 Å². The van der Waals surface area contributed by atoms with Crippen molar-refractivity contribution in [3.63, 3.8) is 0 Å². The van der Waals surface area contributed by atoms with Crippen LogP contribution in [0.15, 0.2) is 0 Å². The third-order valence-electron chi connectivity index (χ3n) is 4.34. The van der Waals surface area contributed by atoms with Gasteiger partial charge in [0, 0.05) is 6.04 Å². The standard InChI is InChI=1S/C15H26N4O/c1-9(2)13-12(16)14(19-18-13)15(20)17-10(3)11-7-5-4-6-8-11/h9-11H,4-8,16H2,1-3H3,(H,17,20)(H,18,19). The lowest BCUT2D eigenvalue weighted by Crippen LogP contribution is -2.39. The fourth-order valence-electron chi connectivity index (χ4n) is 3.00. The van der Waals surface area contributed by atoms with Crippen LogP contribution in [0.2, 0.25) is 0 Å². The van der Waals surface area contributed by atoms with Crippen molar-refractivity contribution < 1.29 is 4.79 Å². The highest BCUT2D eigenvalue weighted by Crippen LogP contribution is 2.27. The van der Waals surface area contributed by atoms with Crippen molar-refractivity contribution >= 4 is 11.6 Å². The molecule has 1 aliphatic rings. The quantitative estimate of drug-likeness (QED) is 0.791. The van der Waals surface area contributed by atoms with Gasteiger partial charge in [0.2, 0.25) is 0 Å². The lowest BCUT2D eigenvalue weighted by Gasteiger charge is -2.28. The monoisotopic (exact) mass is 278 g/mol. The molecule has 1 aromatic heterocycles. The second kappa shape index (κ2) is 6.29. The summed E-state index contributed by atoms with van der Waals surface area (Å²) in [7, 11) is 0. The van der Waals surface area contributed by atoms with Crippen LogP contribution in [-0.4, -0.2) is 22.1 Å². The first-order chi connectivity index (χ1) is 9.50. The van der Waals surface area contributed by atoms with Crippen LogP contribution in [0.3, 0.4) is 0 Å². The Morgan fingerprint density at radius 3 is 2.50 bits per heavy atom. The Kier molecular flexibility index (Phi) is 4.68. The molecule has 1 amide bonds. The van der Waals surface area contributed by atoms with Gasteiger partial charge in [-0.1, -0.05) is 33.1 Å². The lowest BCUT2D eigenvalue weighted by molar-refractivity contribution is 0.0915. The van der Waals surface area contributed by atoms with Crippen molar-refractivity contribution in [2.45, 2.75) is 64.8 Å². The summed E-state index contributed by atoms with van der Waals surface area (Å²) in [4.78, 5) is 12.3. The summed E-state index contributed by atoms with van der Waals surface area (Å²) in [6, 6.07) is 0.182. The fourth-order valence-corrected chi connectivity index (χ4v) is 3.00. The van der Waals surface area contributed by atoms with Gasteiger partial charge < -0.3 is 11.1 Å². The fraction of sp³-hybridized carbons (Fsp3) is 0.733. The predicted molar refractivity (Wildman–Crippen MR) is 80.6 cm³/mol. The summed E-state index contributed by atoms with van der Waals surface area (Å²) >= 11 is 0. The maximum Gasteiger partial charge on any atom is 0.274 e. The normalized spacial score (nSPS) is 18.2. The van der Waals surface area contributed by atoms with Gasteiger partial charge in [-0.2, -0.15) is 5.10 Å². The number of rotatable bonds is 4. The van der Waals surface area contributed by atoms with Crippen LogP contribution in [0.25, 0.3) is 0 Å². The van der Waals surface area contributed by atoms with Gasteiger partial charge >= 0.3 is 0 Å². The summed E-state index contributed by atoms with van der Waals surface area (Å²) < 4.78 is 0. The number of nitrogen functional groups attached to an aromatic ring is 1. The Hall–Kier alpha value is -1.52. The van der Waals surface area contributed by atoms with E-state index in [1.54, 1.807) is 0 Å². The van der Waals surface area contributed by atoms with Crippen LogP contribution in [0, 0.1) is 5.92 Å². The molecule has 5 heteroatoms. The number of aromatic nitrogens is 2. The number of hydrogen-bond donors (Lipinski definition) is 3. The molecule has 1 atom stereocenters. The molecule has 4 N–H and O–H groups in total. The number of nitrogens with one attached hydrogen (secondary N) is 2. The zero-order valence-corrected chi connectivity index (χ0v) is 12.7. The van der Waals surface area contributed by atoms with Crippen molar-refractivity contribution in [3.05, 3.63) is 11.4 Å². The first-order valence-corrected chi connectivity index (χ1v) is 7.65. The number of hydrogen-bond acceptors (Lipinski definition) is 3. The minimum absolute atomic E-state index is 0.163. The highest BCUT2D eigenvalue weighted by atomic mass is 16.2. The van der Waals surface area contributed by atoms with E-state index >= 15 is 0 Å². The predicted octanol–water partition coefficient (Wildman–Crippen LogP) is 2.81. The molecule has 5 nitrogen and oxygen atoms in total. The highest BCUT2D eigenvalue weighted by molar-refractivity contribution is 5.97. The number of H-pyrrole nitrogens is 1. The zero-order valence-electron chi connectivity index (χ0n) is 12.7. The smallest absolute Gasteiger partial charge is 0.274 e. The maximum absolute atomic E-state index is 12.3. The number of amides is 1. The SMILES string of the molecule is CC(C)c1[nH]nc(C(=O)NC(C)C2CCCCC2)c1N. The van der Waals surface area contributed by atoms with Crippen molar-refractivity contribution in [1.29, 1.82) is 0 Å². The van der Waals surface area contributed by atoms with Gasteiger partial charge in [-0.25, -0.2) is 0 Å². The molecule has 1 fully saturated rings. The Morgan fingerprint density at radius 2 is 1.95 bits per heavy atom. The van der Waals surface area contributed by atoms with Crippen LogP contribution in [-0.2, 0) is 0 Å². The highest BCUT2D eigenvalue weighted by Gasteiger charge is 2.24. The molecule has 0 radical (unpaired) electrons. The topological polar surface area (TPSA) is 83.8 Å². The van der Waals surface area contributed by atoms with E-state index in [1.165, 1.54) is 32.1 Å². The van der Waals surface area contributed by atoms with Crippen LogP contribution in [0.1, 0.15) is 75.0 Å². The summed E-state index contributed by atoms with van der Waals surface area (Å²) in [5.41, 5.74) is 7.65. The minimum atomic E-state index is -0.163. The molecular weight excluding hydrogens is 252 g/mol. The number of carbonyl (C=O) groups is 1. The van der Waals surface area contributed by atoms with E-state index in [-0.39, 0.29) is 17.9 Å². The molecule has 1 aromatic rings. The van der Waals surface area contributed by atoms with Gasteiger partial charge in [-0.05, 0) is 31.6 Å². The molecular formula is C15H26N4O. The van der Waals surface area contributed by atoms with Crippen LogP contribution < -0.4 is 11.1 Å². The van der Waals surface area contributed by atoms with Gasteiger partial charge in [0.25, 0.3) is 5.91 Å². The van der Waals surface area contributed by atoms with E-state index in [0.717, 1.165) is 5.69 Å². The minimum Gasteiger partial charge on any atom is -0.395 e. The van der Waals surface area contributed by atoms with Gasteiger partial charge in [0.15, 0.2) is 5.69 Å². The molecule has 2 rings (SSSR count). The van der Waals surface area contributed by atoms with Crippen LogP contribution in [0.4, 0.5) is 5.69 Å². The Balaban J connectivity index is 2.00. The largest absolute Gasteiger partial charge is 0.395 e. The molecule has 112 valence electrons. The average molecular weight is 278 g/mol. The molecule has 0 saturated heterocycles. The summed E-state index contributed by atoms with van der Waals surface area (Å²) in [6.07, 6.45) is 6.27. The third kappa shape index (κ3) is 3.14. The molecule has 20 heavy (non-hydrogen) atoms. The number of nitrogens with zero attached hydrogens (tertiary/aromatic N) is 1. The van der Waals surface area contributed by atoms with Gasteiger partial charge in [0.05, 0.1) is 11.4 Å². The van der Waals surface area contributed by atoms with Crippen LogP contribution >= 0.6 is 0 Å². The van der Waals surface area contributed by atoms with E-state index in [4.69, 9.17) is 5.73 Å². The molecule has 0 aromatic carbocycles. The van der Waals surface area contributed by atoms with E-state index < -0.39 is 0 Å². The molecule has 1 aliphatic carbocycles. The van der Waals surface area contributed by atoms with Crippen molar-refractivity contribution in [1.82, 2.24) is 15.5 Å². The van der Waals surface area contributed by atoms with Crippen molar-refractivity contribution in [2.75, 3.05) is 5.73 Å². The zero-order chi connectivity index (χ0) is 14.7. The first kappa shape index (κ1) is 14.9. The van der Waals surface area contributed by atoms with Crippen molar-refractivity contribution in [3.8, 4) is 0 Å². The van der Waals surface area contributed by atoms with E-state index in [2.05, 4.69) is 22.4 Å². The molecule has 1 unspecified atom stereocenters. The first-order valence-electron chi connectivity index (χ1n) is 7.65. The molecule has 1 heterocycles. The lowest BCUT2D eigenvalue weighted by atomic mass is 9.84. The van der Waals surface area contributed by atoms with Gasteiger partial charge in [-0.3, -0.25) is 9.89 Å². The number of carbonyl (C=O) groups excluding carboxylic acids is 1. The Labute approximate surface area is 120 Å². The Morgan fingerprint density at radius 1 is 1.30 bits per heavy atom. The second-order valence-electron chi connectivity index (χ2n) is 6.21. The summed E-state index contributed by atoms with van der Waals surface area (Å²) in [5, 5.41) is 10.0. The number of anilines is 1. The van der Waals surface area contributed by atoms with E-state index in [9.17, 15) is 4.79 Å². The average Bonchev–Trinajstić information content (AvgIpc) is 2.81. The summed E-state index contributed by atoms with van der Waals surface area (Å²) in [5.74, 6) is 0.654. The summed E-state index contributed by atoms with van der Waals surface area (Å²) in [6.45, 7) is 6.13. The maximum atomic E-state index is 12.3. The molecule has 0 aliphatic heterocycles. The van der Waals surface area contributed by atoms with Gasteiger partial charge in [0.1, 0.15) is 0 Å².